The molecule has 100 valence electrons. The van der Waals surface area contributed by atoms with E-state index in [1.807, 2.05) is 0 Å². The molecule has 0 radical (unpaired) electrons. The van der Waals surface area contributed by atoms with Crippen LogP contribution in [0.15, 0.2) is 0 Å². The van der Waals surface area contributed by atoms with Crippen molar-refractivity contribution >= 4 is 5.91 Å². The molecule has 4 saturated carbocycles. The quantitative estimate of drug-likeness (QED) is 0.769. The highest BCUT2D eigenvalue weighted by Gasteiger charge is 2.51. The summed E-state index contributed by atoms with van der Waals surface area (Å²) < 4.78 is 0. The molecule has 0 aromatic carbocycles. The van der Waals surface area contributed by atoms with E-state index in [1.54, 1.807) is 5.06 Å². The van der Waals surface area contributed by atoms with E-state index in [2.05, 4.69) is 0 Å². The first-order chi connectivity index (χ1) is 8.72. The van der Waals surface area contributed by atoms with Gasteiger partial charge in [-0.1, -0.05) is 0 Å². The van der Waals surface area contributed by atoms with Gasteiger partial charge in [0, 0.05) is 13.0 Å². The zero-order chi connectivity index (χ0) is 12.2. The smallest absolute Gasteiger partial charge is 0.246 e. The van der Waals surface area contributed by atoms with Crippen molar-refractivity contribution in [3.05, 3.63) is 0 Å². The van der Waals surface area contributed by atoms with Crippen molar-refractivity contribution in [3.63, 3.8) is 0 Å². The lowest BCUT2D eigenvalue weighted by Gasteiger charge is -2.56. The third kappa shape index (κ3) is 1.78. The van der Waals surface area contributed by atoms with Crippen LogP contribution in [-0.2, 0) is 9.63 Å². The van der Waals surface area contributed by atoms with E-state index in [0.717, 1.165) is 37.3 Å². The molecule has 1 amide bonds. The van der Waals surface area contributed by atoms with Crippen LogP contribution in [0.4, 0.5) is 0 Å². The van der Waals surface area contributed by atoms with E-state index in [-0.39, 0.29) is 5.91 Å². The van der Waals surface area contributed by atoms with Crippen LogP contribution in [-0.4, -0.2) is 24.1 Å². The SMILES string of the molecule is O=C1CCCN1OCC12CC3CC(CC(C3)C1)C2. The van der Waals surface area contributed by atoms with Crippen molar-refractivity contribution in [2.24, 2.45) is 23.2 Å². The van der Waals surface area contributed by atoms with Crippen molar-refractivity contribution in [2.45, 2.75) is 51.4 Å². The molecule has 0 unspecified atom stereocenters. The van der Waals surface area contributed by atoms with Gasteiger partial charge in [-0.3, -0.25) is 9.63 Å². The van der Waals surface area contributed by atoms with Crippen molar-refractivity contribution in [1.29, 1.82) is 0 Å². The number of hydroxylamine groups is 2. The molecule has 5 aliphatic rings. The van der Waals surface area contributed by atoms with Crippen LogP contribution in [0, 0.1) is 23.2 Å². The fraction of sp³-hybridized carbons (Fsp3) is 0.933. The Morgan fingerprint density at radius 2 is 1.72 bits per heavy atom. The Balaban J connectivity index is 1.43. The molecule has 0 aromatic rings. The predicted molar refractivity (Wildman–Crippen MR) is 67.5 cm³/mol. The molecule has 0 atom stereocenters. The third-order valence-electron chi connectivity index (χ3n) is 5.72. The van der Waals surface area contributed by atoms with E-state index in [0.29, 0.717) is 11.8 Å². The van der Waals surface area contributed by atoms with Crippen LogP contribution < -0.4 is 0 Å². The van der Waals surface area contributed by atoms with E-state index >= 15 is 0 Å². The largest absolute Gasteiger partial charge is 0.273 e. The summed E-state index contributed by atoms with van der Waals surface area (Å²) >= 11 is 0. The zero-order valence-corrected chi connectivity index (χ0v) is 11.1. The lowest BCUT2D eigenvalue weighted by atomic mass is 9.50. The van der Waals surface area contributed by atoms with Gasteiger partial charge >= 0.3 is 0 Å². The molecule has 5 rings (SSSR count). The Morgan fingerprint density at radius 3 is 2.22 bits per heavy atom. The Hall–Kier alpha value is -0.570. The van der Waals surface area contributed by atoms with Gasteiger partial charge in [-0.15, -0.1) is 0 Å². The van der Waals surface area contributed by atoms with E-state index in [9.17, 15) is 4.79 Å². The maximum atomic E-state index is 11.6. The number of carbonyl (C=O) groups is 1. The summed E-state index contributed by atoms with van der Waals surface area (Å²) in [5, 5.41) is 1.64. The highest BCUT2D eigenvalue weighted by Crippen LogP contribution is 2.60. The van der Waals surface area contributed by atoms with Gasteiger partial charge in [0.15, 0.2) is 0 Å². The normalized spacial score (nSPS) is 46.1. The molecule has 3 heteroatoms. The fourth-order valence-corrected chi connectivity index (χ4v) is 5.44. The number of hydrogen-bond donors (Lipinski definition) is 0. The summed E-state index contributed by atoms with van der Waals surface area (Å²) in [6, 6.07) is 0. The standard InChI is InChI=1S/C15H23NO2/c17-14-2-1-3-16(14)18-10-15-7-11-4-12(8-15)6-13(5-11)9-15/h11-13H,1-10H2. The van der Waals surface area contributed by atoms with Crippen LogP contribution in [0.25, 0.3) is 0 Å². The molecule has 0 aromatic heterocycles. The van der Waals surface area contributed by atoms with Gasteiger partial charge in [0.05, 0.1) is 6.61 Å². The second kappa shape index (κ2) is 3.96. The number of carbonyl (C=O) groups excluding carboxylic acids is 1. The molecule has 1 saturated heterocycles. The zero-order valence-electron chi connectivity index (χ0n) is 11.1. The Bertz CT molecular complexity index is 330. The van der Waals surface area contributed by atoms with Gasteiger partial charge in [0.2, 0.25) is 5.91 Å². The van der Waals surface area contributed by atoms with Gasteiger partial charge in [-0.05, 0) is 68.1 Å². The maximum absolute atomic E-state index is 11.6. The average molecular weight is 249 g/mol. The van der Waals surface area contributed by atoms with Crippen LogP contribution >= 0.6 is 0 Å². The molecular weight excluding hydrogens is 226 g/mol. The molecule has 0 spiro atoms. The van der Waals surface area contributed by atoms with Crippen LogP contribution in [0.1, 0.15) is 51.4 Å². The van der Waals surface area contributed by atoms with Crippen LogP contribution in [0.5, 0.6) is 0 Å². The number of rotatable bonds is 3. The van der Waals surface area contributed by atoms with E-state index < -0.39 is 0 Å². The molecule has 18 heavy (non-hydrogen) atoms. The first-order valence-corrected chi connectivity index (χ1v) is 7.66. The predicted octanol–water partition coefficient (Wildman–Crippen LogP) is 2.76. The van der Waals surface area contributed by atoms with Gasteiger partial charge in [-0.2, -0.15) is 0 Å². The molecular formula is C15H23NO2. The summed E-state index contributed by atoms with van der Waals surface area (Å²) in [5.74, 6) is 3.09. The molecule has 1 aliphatic heterocycles. The minimum absolute atomic E-state index is 0.194. The van der Waals surface area contributed by atoms with Gasteiger partial charge in [0.25, 0.3) is 0 Å². The fourth-order valence-electron chi connectivity index (χ4n) is 5.44. The van der Waals surface area contributed by atoms with E-state index in [4.69, 9.17) is 4.84 Å². The van der Waals surface area contributed by atoms with Crippen molar-refractivity contribution in [1.82, 2.24) is 5.06 Å². The molecule has 4 aliphatic carbocycles. The topological polar surface area (TPSA) is 29.5 Å². The summed E-state index contributed by atoms with van der Waals surface area (Å²) in [4.78, 5) is 17.5. The number of nitrogens with zero attached hydrogens (tertiary/aromatic N) is 1. The lowest BCUT2D eigenvalue weighted by molar-refractivity contribution is -0.205. The van der Waals surface area contributed by atoms with Crippen LogP contribution in [0.3, 0.4) is 0 Å². The third-order valence-corrected chi connectivity index (χ3v) is 5.72. The first-order valence-electron chi connectivity index (χ1n) is 7.66. The lowest BCUT2D eigenvalue weighted by Crippen LogP contribution is -2.49. The molecule has 1 heterocycles. The summed E-state index contributed by atoms with van der Waals surface area (Å²) in [5.41, 5.74) is 0.428. The molecule has 0 N–H and O–H groups in total. The molecule has 3 nitrogen and oxygen atoms in total. The highest BCUT2D eigenvalue weighted by molar-refractivity contribution is 5.76. The first kappa shape index (κ1) is 11.3. The maximum Gasteiger partial charge on any atom is 0.246 e. The second-order valence-corrected chi connectivity index (χ2v) is 7.29. The van der Waals surface area contributed by atoms with Gasteiger partial charge in [-0.25, -0.2) is 5.06 Å². The average Bonchev–Trinajstić information content (AvgIpc) is 2.70. The van der Waals surface area contributed by atoms with Crippen molar-refractivity contribution in [2.75, 3.05) is 13.2 Å². The molecule has 4 bridgehead atoms. The van der Waals surface area contributed by atoms with Gasteiger partial charge < -0.3 is 0 Å². The minimum atomic E-state index is 0.194. The van der Waals surface area contributed by atoms with Crippen molar-refractivity contribution < 1.29 is 9.63 Å². The Labute approximate surface area is 109 Å². The minimum Gasteiger partial charge on any atom is -0.273 e. The summed E-state index contributed by atoms with van der Waals surface area (Å²) in [7, 11) is 0. The Kier molecular flexibility index (Phi) is 2.48. The van der Waals surface area contributed by atoms with Crippen LogP contribution in [0.2, 0.25) is 0 Å². The summed E-state index contributed by atoms with van der Waals surface area (Å²) in [6.45, 7) is 1.62. The number of hydrogen-bond acceptors (Lipinski definition) is 2. The second-order valence-electron chi connectivity index (χ2n) is 7.29. The van der Waals surface area contributed by atoms with E-state index in [1.165, 1.54) is 38.5 Å². The number of amides is 1. The van der Waals surface area contributed by atoms with Crippen molar-refractivity contribution in [3.8, 4) is 0 Å². The summed E-state index contributed by atoms with van der Waals surface area (Å²) in [6.07, 6.45) is 10.2. The van der Waals surface area contributed by atoms with Gasteiger partial charge in [0.1, 0.15) is 0 Å². The monoisotopic (exact) mass is 249 g/mol. The Morgan fingerprint density at radius 1 is 1.11 bits per heavy atom. The highest BCUT2D eigenvalue weighted by atomic mass is 16.7. The molecule has 5 fully saturated rings.